The van der Waals surface area contributed by atoms with Crippen LogP contribution in [-0.2, 0) is 0 Å². The second-order valence-electron chi connectivity index (χ2n) is 4.61. The SMILES string of the molecule is CC(C)c1ccc2c(c1)C(=O)NC[C@@H]2C. The molecule has 0 spiro atoms. The van der Waals surface area contributed by atoms with Gasteiger partial charge in [0.1, 0.15) is 0 Å². The van der Waals surface area contributed by atoms with Gasteiger partial charge in [0.15, 0.2) is 0 Å². The summed E-state index contributed by atoms with van der Waals surface area (Å²) < 4.78 is 0. The molecule has 0 bridgehead atoms. The molecule has 15 heavy (non-hydrogen) atoms. The van der Waals surface area contributed by atoms with E-state index in [4.69, 9.17) is 0 Å². The smallest absolute Gasteiger partial charge is 0.251 e. The normalized spacial score (nSPS) is 20.0. The number of amides is 1. The molecular weight excluding hydrogens is 186 g/mol. The molecule has 1 amide bonds. The van der Waals surface area contributed by atoms with Crippen LogP contribution >= 0.6 is 0 Å². The third-order valence-corrected chi connectivity index (χ3v) is 3.09. The summed E-state index contributed by atoms with van der Waals surface area (Å²) in [6, 6.07) is 6.28. The minimum Gasteiger partial charge on any atom is -0.351 e. The number of rotatable bonds is 1. The van der Waals surface area contributed by atoms with Crippen LogP contribution in [0.15, 0.2) is 18.2 Å². The van der Waals surface area contributed by atoms with E-state index in [-0.39, 0.29) is 5.91 Å². The molecule has 0 saturated heterocycles. The molecule has 1 aliphatic heterocycles. The first-order chi connectivity index (χ1) is 7.09. The zero-order valence-electron chi connectivity index (χ0n) is 9.50. The van der Waals surface area contributed by atoms with Crippen molar-refractivity contribution >= 4 is 5.91 Å². The summed E-state index contributed by atoms with van der Waals surface area (Å²) in [5.74, 6) is 0.977. The molecule has 1 N–H and O–H groups in total. The highest BCUT2D eigenvalue weighted by Gasteiger charge is 2.22. The Kier molecular flexibility index (Phi) is 2.51. The lowest BCUT2D eigenvalue weighted by Crippen LogP contribution is -2.34. The molecule has 1 aliphatic rings. The monoisotopic (exact) mass is 203 g/mol. The van der Waals surface area contributed by atoms with E-state index >= 15 is 0 Å². The van der Waals surface area contributed by atoms with Gasteiger partial charge in [-0.25, -0.2) is 0 Å². The van der Waals surface area contributed by atoms with Gasteiger partial charge in [-0.15, -0.1) is 0 Å². The standard InChI is InChI=1S/C13H17NO/c1-8(2)10-4-5-11-9(3)7-14-13(15)12(11)6-10/h4-6,8-9H,7H2,1-3H3,(H,14,15)/t9-/m0/s1. The Morgan fingerprint density at radius 2 is 2.13 bits per heavy atom. The summed E-state index contributed by atoms with van der Waals surface area (Å²) in [7, 11) is 0. The topological polar surface area (TPSA) is 29.1 Å². The quantitative estimate of drug-likeness (QED) is 0.747. The van der Waals surface area contributed by atoms with Crippen LogP contribution in [0.25, 0.3) is 0 Å². The van der Waals surface area contributed by atoms with Crippen molar-refractivity contribution in [2.24, 2.45) is 0 Å². The molecule has 0 radical (unpaired) electrons. The average molecular weight is 203 g/mol. The predicted octanol–water partition coefficient (Wildman–Crippen LogP) is 2.66. The lowest BCUT2D eigenvalue weighted by atomic mass is 9.88. The highest BCUT2D eigenvalue weighted by molar-refractivity contribution is 5.97. The highest BCUT2D eigenvalue weighted by Crippen LogP contribution is 2.26. The van der Waals surface area contributed by atoms with Crippen LogP contribution in [0.3, 0.4) is 0 Å². The number of hydrogen-bond acceptors (Lipinski definition) is 1. The number of fused-ring (bicyclic) bond motifs is 1. The van der Waals surface area contributed by atoms with Crippen molar-refractivity contribution in [2.75, 3.05) is 6.54 Å². The number of hydrogen-bond donors (Lipinski definition) is 1. The zero-order valence-corrected chi connectivity index (χ0v) is 9.50. The first kappa shape index (κ1) is 10.2. The lowest BCUT2D eigenvalue weighted by molar-refractivity contribution is 0.0941. The molecule has 0 aliphatic carbocycles. The third kappa shape index (κ3) is 1.76. The Morgan fingerprint density at radius 1 is 1.40 bits per heavy atom. The van der Waals surface area contributed by atoms with Gasteiger partial charge in [0.2, 0.25) is 0 Å². The molecule has 80 valence electrons. The van der Waals surface area contributed by atoms with E-state index in [0.717, 1.165) is 12.1 Å². The van der Waals surface area contributed by atoms with E-state index in [0.29, 0.717) is 11.8 Å². The Balaban J connectivity index is 2.50. The van der Waals surface area contributed by atoms with Crippen LogP contribution in [0.5, 0.6) is 0 Å². The molecule has 0 fully saturated rings. The van der Waals surface area contributed by atoms with E-state index in [2.05, 4.69) is 38.2 Å². The fourth-order valence-electron chi connectivity index (χ4n) is 2.01. The van der Waals surface area contributed by atoms with Crippen molar-refractivity contribution in [3.05, 3.63) is 34.9 Å². The fraction of sp³-hybridized carbons (Fsp3) is 0.462. The summed E-state index contributed by atoms with van der Waals surface area (Å²) in [4.78, 5) is 11.7. The Hall–Kier alpha value is -1.31. The van der Waals surface area contributed by atoms with Crippen LogP contribution in [0, 0.1) is 0 Å². The van der Waals surface area contributed by atoms with Crippen molar-refractivity contribution < 1.29 is 4.79 Å². The summed E-state index contributed by atoms with van der Waals surface area (Å²) in [6.45, 7) is 7.19. The lowest BCUT2D eigenvalue weighted by Gasteiger charge is -2.23. The molecular formula is C13H17NO. The van der Waals surface area contributed by atoms with Crippen LogP contribution in [-0.4, -0.2) is 12.5 Å². The zero-order chi connectivity index (χ0) is 11.0. The van der Waals surface area contributed by atoms with E-state index in [1.165, 1.54) is 11.1 Å². The molecule has 0 unspecified atom stereocenters. The van der Waals surface area contributed by atoms with Gasteiger partial charge in [-0.05, 0) is 29.0 Å². The second kappa shape index (κ2) is 3.69. The molecule has 0 aromatic heterocycles. The maximum atomic E-state index is 11.7. The second-order valence-corrected chi connectivity index (χ2v) is 4.61. The summed E-state index contributed by atoms with van der Waals surface area (Å²) in [6.07, 6.45) is 0. The maximum absolute atomic E-state index is 11.7. The van der Waals surface area contributed by atoms with E-state index in [1.807, 2.05) is 6.07 Å². The van der Waals surface area contributed by atoms with E-state index in [9.17, 15) is 4.79 Å². The van der Waals surface area contributed by atoms with Gasteiger partial charge in [0.25, 0.3) is 5.91 Å². The summed E-state index contributed by atoms with van der Waals surface area (Å²) in [5, 5.41) is 2.92. The first-order valence-electron chi connectivity index (χ1n) is 5.51. The van der Waals surface area contributed by atoms with Crippen molar-refractivity contribution in [1.29, 1.82) is 0 Å². The first-order valence-corrected chi connectivity index (χ1v) is 5.51. The molecule has 1 aromatic rings. The van der Waals surface area contributed by atoms with Gasteiger partial charge in [-0.3, -0.25) is 4.79 Å². The van der Waals surface area contributed by atoms with E-state index in [1.54, 1.807) is 0 Å². The Bertz CT molecular complexity index is 396. The molecule has 1 atom stereocenters. The average Bonchev–Trinajstić information content (AvgIpc) is 2.23. The van der Waals surface area contributed by atoms with Crippen molar-refractivity contribution in [1.82, 2.24) is 5.32 Å². The Morgan fingerprint density at radius 3 is 2.80 bits per heavy atom. The van der Waals surface area contributed by atoms with E-state index < -0.39 is 0 Å². The number of benzene rings is 1. The Labute approximate surface area is 90.7 Å². The fourth-order valence-corrected chi connectivity index (χ4v) is 2.01. The van der Waals surface area contributed by atoms with Crippen LogP contribution in [0.2, 0.25) is 0 Å². The molecule has 2 nitrogen and oxygen atoms in total. The van der Waals surface area contributed by atoms with Gasteiger partial charge in [0, 0.05) is 12.1 Å². The van der Waals surface area contributed by atoms with Gasteiger partial charge >= 0.3 is 0 Å². The molecule has 2 heteroatoms. The van der Waals surface area contributed by atoms with Crippen molar-refractivity contribution in [2.45, 2.75) is 32.6 Å². The largest absolute Gasteiger partial charge is 0.351 e. The molecule has 1 heterocycles. The predicted molar refractivity (Wildman–Crippen MR) is 61.3 cm³/mol. The number of nitrogens with one attached hydrogen (secondary N) is 1. The maximum Gasteiger partial charge on any atom is 0.251 e. The van der Waals surface area contributed by atoms with Crippen molar-refractivity contribution in [3.63, 3.8) is 0 Å². The van der Waals surface area contributed by atoms with Crippen LogP contribution in [0.4, 0.5) is 0 Å². The minimum absolute atomic E-state index is 0.0746. The molecule has 2 rings (SSSR count). The summed E-state index contributed by atoms with van der Waals surface area (Å²) >= 11 is 0. The van der Waals surface area contributed by atoms with Gasteiger partial charge < -0.3 is 5.32 Å². The van der Waals surface area contributed by atoms with Gasteiger partial charge in [-0.2, -0.15) is 0 Å². The third-order valence-electron chi connectivity index (χ3n) is 3.09. The number of carbonyl (C=O) groups is 1. The molecule has 0 saturated carbocycles. The minimum atomic E-state index is 0.0746. The van der Waals surface area contributed by atoms with Crippen LogP contribution < -0.4 is 5.32 Å². The van der Waals surface area contributed by atoms with Gasteiger partial charge in [-0.1, -0.05) is 32.9 Å². The van der Waals surface area contributed by atoms with Crippen LogP contribution in [0.1, 0.15) is 54.1 Å². The highest BCUT2D eigenvalue weighted by atomic mass is 16.1. The van der Waals surface area contributed by atoms with Crippen molar-refractivity contribution in [3.8, 4) is 0 Å². The molecule has 1 aromatic carbocycles. The number of carbonyl (C=O) groups excluding carboxylic acids is 1. The summed E-state index contributed by atoms with van der Waals surface area (Å²) in [5.41, 5.74) is 3.28. The van der Waals surface area contributed by atoms with Gasteiger partial charge in [0.05, 0.1) is 0 Å².